The van der Waals surface area contributed by atoms with Gasteiger partial charge in [0.1, 0.15) is 6.54 Å². The monoisotopic (exact) mass is 495 g/mol. The number of nitrogens with one attached hydrogen (secondary N) is 1. The second-order valence-corrected chi connectivity index (χ2v) is 10.8. The number of carbonyl (C=O) groups excluding carboxylic acids is 4. The highest BCUT2D eigenvalue weighted by Crippen LogP contribution is 2.34. The fourth-order valence-electron chi connectivity index (χ4n) is 3.79. The Bertz CT molecular complexity index is 1100. The molecule has 0 radical (unpaired) electrons. The predicted octanol–water partition coefficient (Wildman–Crippen LogP) is 1.25. The smallest absolute Gasteiger partial charge is 0.339 e. The number of amides is 5. The molecule has 0 aromatic heterocycles. The minimum absolute atomic E-state index is 0.0575. The van der Waals surface area contributed by atoms with Crippen molar-refractivity contribution in [3.05, 3.63) is 18.2 Å². The molecule has 2 aliphatic rings. The molecule has 2 heterocycles. The summed E-state index contributed by atoms with van der Waals surface area (Å²) >= 11 is 0. The zero-order chi connectivity index (χ0) is 25.1. The van der Waals surface area contributed by atoms with Gasteiger partial charge in [0.2, 0.25) is 5.91 Å². The first-order chi connectivity index (χ1) is 16.0. The number of urea groups is 1. The van der Waals surface area contributed by atoms with E-state index in [-0.39, 0.29) is 23.6 Å². The Morgan fingerprint density at radius 3 is 2.29 bits per heavy atom. The fourth-order valence-corrected chi connectivity index (χ4v) is 5.89. The summed E-state index contributed by atoms with van der Waals surface area (Å²) in [5.74, 6) is -2.49. The minimum Gasteiger partial charge on any atom is -0.490 e. The topological polar surface area (TPSA) is 139 Å². The highest BCUT2D eigenvalue weighted by atomic mass is 32.2. The van der Waals surface area contributed by atoms with Gasteiger partial charge < -0.3 is 14.8 Å². The van der Waals surface area contributed by atoms with Crippen LogP contribution in [0.25, 0.3) is 0 Å². The normalized spacial score (nSPS) is 21.8. The number of anilines is 1. The molecule has 34 heavy (non-hydrogen) atoms. The molecule has 1 aromatic rings. The van der Waals surface area contributed by atoms with E-state index < -0.39 is 45.7 Å². The Hall–Kier alpha value is -3.15. The van der Waals surface area contributed by atoms with E-state index in [1.807, 2.05) is 13.8 Å². The van der Waals surface area contributed by atoms with Gasteiger partial charge in [-0.05, 0) is 38.3 Å². The van der Waals surface area contributed by atoms with E-state index in [9.17, 15) is 27.6 Å². The number of hydrogen-bond donors (Lipinski definition) is 1. The van der Waals surface area contributed by atoms with E-state index in [1.165, 1.54) is 12.1 Å². The van der Waals surface area contributed by atoms with Gasteiger partial charge >= 0.3 is 17.8 Å². The summed E-state index contributed by atoms with van der Waals surface area (Å²) in [4.78, 5) is 51.8. The summed E-state index contributed by atoms with van der Waals surface area (Å²) in [6, 6.07) is 3.48. The van der Waals surface area contributed by atoms with E-state index in [4.69, 9.17) is 9.47 Å². The Kier molecular flexibility index (Phi) is 7.49. The van der Waals surface area contributed by atoms with Gasteiger partial charge in [-0.25, -0.2) is 23.0 Å². The van der Waals surface area contributed by atoms with Crippen LogP contribution in [0.4, 0.5) is 10.5 Å². The van der Waals surface area contributed by atoms with Crippen molar-refractivity contribution in [1.29, 1.82) is 0 Å². The number of imide groups is 2. The second-order valence-electron chi connectivity index (χ2n) is 8.59. The SMILES string of the molecule is CCCOc1ccc(N2C(=O)C(=O)N(CC(=O)NC3(C)CCS(=O)(=O)C3)C2=O)cc1OCCC. The number of carbonyl (C=O) groups is 4. The largest absolute Gasteiger partial charge is 0.490 e. The van der Waals surface area contributed by atoms with Gasteiger partial charge in [-0.2, -0.15) is 0 Å². The van der Waals surface area contributed by atoms with Gasteiger partial charge in [-0.3, -0.25) is 14.4 Å². The van der Waals surface area contributed by atoms with Gasteiger partial charge in [-0.15, -0.1) is 0 Å². The molecule has 0 spiro atoms. The van der Waals surface area contributed by atoms with Gasteiger partial charge in [-0.1, -0.05) is 13.8 Å². The Morgan fingerprint density at radius 2 is 1.71 bits per heavy atom. The third-order valence-corrected chi connectivity index (χ3v) is 7.31. The predicted molar refractivity (Wildman–Crippen MR) is 122 cm³/mol. The lowest BCUT2D eigenvalue weighted by molar-refractivity contribution is -0.140. The van der Waals surface area contributed by atoms with E-state index in [2.05, 4.69) is 5.32 Å². The van der Waals surface area contributed by atoms with Crippen LogP contribution in [0.5, 0.6) is 11.5 Å². The molecule has 11 nitrogen and oxygen atoms in total. The summed E-state index contributed by atoms with van der Waals surface area (Å²) in [5.41, 5.74) is -0.888. The van der Waals surface area contributed by atoms with Crippen LogP contribution in [0.1, 0.15) is 40.0 Å². The maximum Gasteiger partial charge on any atom is 0.339 e. The quantitative estimate of drug-likeness (QED) is 0.378. The van der Waals surface area contributed by atoms with Crippen LogP contribution in [0.3, 0.4) is 0 Å². The zero-order valence-corrected chi connectivity index (χ0v) is 20.3. The standard InChI is InChI=1S/C22H29N3O8S/c1-4-9-32-16-7-6-15(12-17(16)33-10-5-2)25-20(28)19(27)24(21(25)29)13-18(26)23-22(3)8-11-34(30,31)14-22/h6-7,12H,4-5,8-11,13-14H2,1-3H3,(H,23,26). The number of sulfone groups is 1. The first kappa shape index (κ1) is 25.5. The average molecular weight is 496 g/mol. The molecule has 3 rings (SSSR count). The van der Waals surface area contributed by atoms with Crippen LogP contribution in [-0.2, 0) is 24.2 Å². The number of rotatable bonds is 10. The lowest BCUT2D eigenvalue weighted by Crippen LogP contribution is -2.51. The molecule has 2 saturated heterocycles. The van der Waals surface area contributed by atoms with Crippen molar-refractivity contribution < 1.29 is 37.1 Å². The van der Waals surface area contributed by atoms with E-state index in [1.54, 1.807) is 13.0 Å². The Balaban J connectivity index is 1.77. The zero-order valence-electron chi connectivity index (χ0n) is 19.5. The summed E-state index contributed by atoms with van der Waals surface area (Å²) < 4.78 is 34.8. The maximum absolute atomic E-state index is 12.9. The van der Waals surface area contributed by atoms with Crippen molar-refractivity contribution in [3.63, 3.8) is 0 Å². The molecule has 5 amide bonds. The summed E-state index contributed by atoms with van der Waals surface area (Å²) in [6.07, 6.45) is 1.72. The van der Waals surface area contributed by atoms with E-state index in [0.29, 0.717) is 34.5 Å². The van der Waals surface area contributed by atoms with E-state index in [0.717, 1.165) is 12.8 Å². The fraction of sp³-hybridized carbons (Fsp3) is 0.545. The van der Waals surface area contributed by atoms with Crippen molar-refractivity contribution in [3.8, 4) is 11.5 Å². The molecular weight excluding hydrogens is 466 g/mol. The van der Waals surface area contributed by atoms with Crippen LogP contribution in [0.2, 0.25) is 0 Å². The molecule has 0 bridgehead atoms. The molecule has 1 N–H and O–H groups in total. The highest BCUT2D eigenvalue weighted by Gasteiger charge is 2.47. The van der Waals surface area contributed by atoms with Gasteiger partial charge in [0.15, 0.2) is 21.3 Å². The minimum atomic E-state index is -3.27. The molecule has 1 aromatic carbocycles. The first-order valence-corrected chi connectivity index (χ1v) is 12.9. The molecule has 12 heteroatoms. The molecule has 0 aliphatic carbocycles. The first-order valence-electron chi connectivity index (χ1n) is 11.1. The van der Waals surface area contributed by atoms with Crippen LogP contribution >= 0.6 is 0 Å². The van der Waals surface area contributed by atoms with E-state index >= 15 is 0 Å². The summed E-state index contributed by atoms with van der Waals surface area (Å²) in [6.45, 7) is 5.59. The van der Waals surface area contributed by atoms with Crippen molar-refractivity contribution in [2.75, 3.05) is 36.2 Å². The summed E-state index contributed by atoms with van der Waals surface area (Å²) in [5, 5.41) is 2.58. The van der Waals surface area contributed by atoms with Crippen molar-refractivity contribution in [2.45, 2.75) is 45.6 Å². The summed E-state index contributed by atoms with van der Waals surface area (Å²) in [7, 11) is -3.27. The second kappa shape index (κ2) is 10.00. The molecular formula is C22H29N3O8S. The third-order valence-electron chi connectivity index (χ3n) is 5.41. The molecule has 1 unspecified atom stereocenters. The average Bonchev–Trinajstić information content (AvgIpc) is 3.16. The van der Waals surface area contributed by atoms with Gasteiger partial charge in [0, 0.05) is 6.07 Å². The highest BCUT2D eigenvalue weighted by molar-refractivity contribution is 7.91. The van der Waals surface area contributed by atoms with Crippen LogP contribution in [0, 0.1) is 0 Å². The van der Waals surface area contributed by atoms with Crippen molar-refractivity contribution in [2.24, 2.45) is 0 Å². The molecule has 2 aliphatic heterocycles. The van der Waals surface area contributed by atoms with Gasteiger partial charge in [0.05, 0.1) is 35.9 Å². The van der Waals surface area contributed by atoms with Crippen molar-refractivity contribution in [1.82, 2.24) is 10.2 Å². The molecule has 1 atom stereocenters. The lowest BCUT2D eigenvalue weighted by atomic mass is 10.0. The lowest BCUT2D eigenvalue weighted by Gasteiger charge is -2.25. The maximum atomic E-state index is 12.9. The third kappa shape index (κ3) is 5.49. The van der Waals surface area contributed by atoms with Crippen LogP contribution < -0.4 is 19.7 Å². The van der Waals surface area contributed by atoms with Gasteiger partial charge in [0.25, 0.3) is 0 Å². The molecule has 2 fully saturated rings. The Morgan fingerprint density at radius 1 is 1.06 bits per heavy atom. The van der Waals surface area contributed by atoms with Crippen LogP contribution in [0.15, 0.2) is 18.2 Å². The number of benzene rings is 1. The number of ether oxygens (including phenoxy) is 2. The number of nitrogens with zero attached hydrogens (tertiary/aromatic N) is 2. The Labute approximate surface area is 198 Å². The van der Waals surface area contributed by atoms with Crippen molar-refractivity contribution >= 4 is 39.3 Å². The number of hydrogen-bond acceptors (Lipinski definition) is 8. The van der Waals surface area contributed by atoms with Crippen LogP contribution in [-0.4, -0.2) is 73.9 Å². The molecule has 0 saturated carbocycles. The molecule has 186 valence electrons.